The summed E-state index contributed by atoms with van der Waals surface area (Å²) in [5.74, 6) is 3.92. The van der Waals surface area contributed by atoms with E-state index in [2.05, 4.69) is 30.7 Å². The van der Waals surface area contributed by atoms with Crippen LogP contribution in [0.1, 0.15) is 56.8 Å². The van der Waals surface area contributed by atoms with Gasteiger partial charge in [-0.3, -0.25) is 0 Å². The van der Waals surface area contributed by atoms with E-state index in [1.807, 2.05) is 0 Å². The molecule has 3 rings (SSSR count). The van der Waals surface area contributed by atoms with Gasteiger partial charge in [0.1, 0.15) is 17.5 Å². The van der Waals surface area contributed by atoms with Gasteiger partial charge in [0.05, 0.1) is 0 Å². The summed E-state index contributed by atoms with van der Waals surface area (Å²) in [5.41, 5.74) is 7.15. The number of aromatic nitrogens is 2. The zero-order valence-corrected chi connectivity index (χ0v) is 12.2. The molecule has 4 nitrogen and oxygen atoms in total. The second-order valence-electron chi connectivity index (χ2n) is 6.47. The first-order valence-corrected chi connectivity index (χ1v) is 7.47. The van der Waals surface area contributed by atoms with Crippen LogP contribution >= 0.6 is 0 Å². The zero-order chi connectivity index (χ0) is 13.6. The van der Waals surface area contributed by atoms with Gasteiger partial charge in [-0.05, 0) is 38.5 Å². The maximum Gasteiger partial charge on any atom is 0.137 e. The Morgan fingerprint density at radius 1 is 1.21 bits per heavy atom. The molecule has 2 fully saturated rings. The molecule has 2 aliphatic rings. The van der Waals surface area contributed by atoms with Gasteiger partial charge in [-0.25, -0.2) is 9.97 Å². The summed E-state index contributed by atoms with van der Waals surface area (Å²) >= 11 is 0. The fourth-order valence-electron chi connectivity index (χ4n) is 2.53. The molecule has 0 atom stereocenters. The topological polar surface area (TPSA) is 55.0 Å². The molecule has 2 N–H and O–H groups in total. The zero-order valence-electron chi connectivity index (χ0n) is 12.2. The number of anilines is 2. The van der Waals surface area contributed by atoms with Crippen LogP contribution in [0.3, 0.4) is 0 Å². The van der Waals surface area contributed by atoms with E-state index in [1.165, 1.54) is 25.7 Å². The molecule has 1 aromatic rings. The molecular formula is C15H24N4. The minimum atomic E-state index is 0.557. The molecule has 0 amide bonds. The maximum atomic E-state index is 6.10. The van der Waals surface area contributed by atoms with Gasteiger partial charge in [-0.2, -0.15) is 0 Å². The van der Waals surface area contributed by atoms with Crippen molar-refractivity contribution in [3.05, 3.63) is 11.4 Å². The van der Waals surface area contributed by atoms with E-state index < -0.39 is 0 Å². The van der Waals surface area contributed by atoms with Crippen LogP contribution in [0.5, 0.6) is 0 Å². The third-order valence-corrected chi connectivity index (χ3v) is 3.94. The van der Waals surface area contributed by atoms with Gasteiger partial charge in [0.25, 0.3) is 0 Å². The molecule has 104 valence electrons. The summed E-state index contributed by atoms with van der Waals surface area (Å²) in [6, 6.07) is 0.669. The van der Waals surface area contributed by atoms with E-state index in [9.17, 15) is 0 Å². The average Bonchev–Trinajstić information content (AvgIpc) is 3.21. The molecule has 0 unspecified atom stereocenters. The minimum Gasteiger partial charge on any atom is -0.383 e. The van der Waals surface area contributed by atoms with Crippen molar-refractivity contribution in [2.24, 2.45) is 5.92 Å². The van der Waals surface area contributed by atoms with Crippen molar-refractivity contribution < 1.29 is 0 Å². The molecule has 4 heteroatoms. The lowest BCUT2D eigenvalue weighted by Crippen LogP contribution is -2.32. The van der Waals surface area contributed by atoms with Gasteiger partial charge in [0, 0.05) is 24.1 Å². The van der Waals surface area contributed by atoms with E-state index in [1.54, 1.807) is 0 Å². The molecule has 0 aromatic carbocycles. The van der Waals surface area contributed by atoms with Crippen LogP contribution in [0.2, 0.25) is 0 Å². The lowest BCUT2D eigenvalue weighted by atomic mass is 10.2. The quantitative estimate of drug-likeness (QED) is 0.884. The van der Waals surface area contributed by atoms with Gasteiger partial charge >= 0.3 is 0 Å². The highest BCUT2D eigenvalue weighted by molar-refractivity contribution is 5.58. The van der Waals surface area contributed by atoms with Crippen LogP contribution in [-0.4, -0.2) is 22.6 Å². The number of rotatable bonds is 5. The molecule has 2 saturated carbocycles. The molecule has 0 aliphatic heterocycles. The van der Waals surface area contributed by atoms with Gasteiger partial charge in [-0.1, -0.05) is 13.8 Å². The van der Waals surface area contributed by atoms with Crippen LogP contribution in [0.15, 0.2) is 0 Å². The van der Waals surface area contributed by atoms with Crippen LogP contribution in [0.4, 0.5) is 11.6 Å². The predicted octanol–water partition coefficient (Wildman–Crippen LogP) is 2.87. The third-order valence-electron chi connectivity index (χ3n) is 3.94. The second kappa shape index (κ2) is 4.66. The predicted molar refractivity (Wildman–Crippen MR) is 78.4 cm³/mol. The van der Waals surface area contributed by atoms with E-state index in [0.29, 0.717) is 23.7 Å². The van der Waals surface area contributed by atoms with E-state index >= 15 is 0 Å². The lowest BCUT2D eigenvalue weighted by molar-refractivity contribution is 0.600. The number of nitrogen functional groups attached to an aromatic ring is 1. The monoisotopic (exact) mass is 260 g/mol. The minimum absolute atomic E-state index is 0.557. The summed E-state index contributed by atoms with van der Waals surface area (Å²) in [7, 11) is 0. The van der Waals surface area contributed by atoms with Gasteiger partial charge in [0.2, 0.25) is 0 Å². The van der Waals surface area contributed by atoms with E-state index in [0.717, 1.165) is 23.8 Å². The number of hydrogen-bond acceptors (Lipinski definition) is 4. The molecule has 0 saturated heterocycles. The average molecular weight is 260 g/mol. The summed E-state index contributed by atoms with van der Waals surface area (Å²) in [5, 5.41) is 0. The second-order valence-corrected chi connectivity index (χ2v) is 6.47. The fraction of sp³-hybridized carbons (Fsp3) is 0.733. The first-order valence-electron chi connectivity index (χ1n) is 7.47. The lowest BCUT2D eigenvalue weighted by Gasteiger charge is -2.27. The Hall–Kier alpha value is -1.32. The molecule has 0 bridgehead atoms. The van der Waals surface area contributed by atoms with Crippen molar-refractivity contribution >= 4 is 11.6 Å². The Morgan fingerprint density at radius 2 is 1.89 bits per heavy atom. The summed E-state index contributed by atoms with van der Waals surface area (Å²) < 4.78 is 0. The summed E-state index contributed by atoms with van der Waals surface area (Å²) in [6.45, 7) is 7.64. The molecule has 1 aromatic heterocycles. The fourth-order valence-corrected chi connectivity index (χ4v) is 2.53. The third kappa shape index (κ3) is 2.67. The molecule has 0 spiro atoms. The van der Waals surface area contributed by atoms with E-state index in [4.69, 9.17) is 10.7 Å². The Labute approximate surface area is 115 Å². The standard InChI is InChI=1S/C15H24N4/c1-9(2)8-19(12-6-7-12)15-10(3)13(16)17-14(18-15)11-4-5-11/h9,11-12H,4-8H2,1-3H3,(H2,16,17,18). The molecule has 19 heavy (non-hydrogen) atoms. The summed E-state index contributed by atoms with van der Waals surface area (Å²) in [4.78, 5) is 11.8. The van der Waals surface area contributed by atoms with Crippen LogP contribution in [0, 0.1) is 12.8 Å². The van der Waals surface area contributed by atoms with Gasteiger partial charge in [-0.15, -0.1) is 0 Å². The Morgan fingerprint density at radius 3 is 2.42 bits per heavy atom. The van der Waals surface area contributed by atoms with Crippen molar-refractivity contribution in [1.29, 1.82) is 0 Å². The molecule has 1 heterocycles. The number of nitrogens with two attached hydrogens (primary N) is 1. The maximum absolute atomic E-state index is 6.10. The SMILES string of the molecule is Cc1c(N)nc(C2CC2)nc1N(CC(C)C)C1CC1. The molecule has 0 radical (unpaired) electrons. The van der Waals surface area contributed by atoms with Crippen molar-refractivity contribution in [2.45, 2.75) is 58.4 Å². The Balaban J connectivity index is 1.95. The first kappa shape index (κ1) is 12.7. The van der Waals surface area contributed by atoms with E-state index in [-0.39, 0.29) is 0 Å². The smallest absolute Gasteiger partial charge is 0.137 e. The van der Waals surface area contributed by atoms with Crippen molar-refractivity contribution in [2.75, 3.05) is 17.2 Å². The molecule has 2 aliphatic carbocycles. The van der Waals surface area contributed by atoms with Gasteiger partial charge < -0.3 is 10.6 Å². The van der Waals surface area contributed by atoms with Crippen LogP contribution < -0.4 is 10.6 Å². The van der Waals surface area contributed by atoms with Crippen LogP contribution in [-0.2, 0) is 0 Å². The number of nitrogens with zero attached hydrogens (tertiary/aromatic N) is 3. The van der Waals surface area contributed by atoms with Gasteiger partial charge in [0.15, 0.2) is 0 Å². The molecular weight excluding hydrogens is 236 g/mol. The highest BCUT2D eigenvalue weighted by Gasteiger charge is 2.34. The van der Waals surface area contributed by atoms with Crippen molar-refractivity contribution in [3.8, 4) is 0 Å². The highest BCUT2D eigenvalue weighted by atomic mass is 15.2. The van der Waals surface area contributed by atoms with Crippen LogP contribution in [0.25, 0.3) is 0 Å². The first-order chi connectivity index (χ1) is 9.06. The number of hydrogen-bond donors (Lipinski definition) is 1. The largest absolute Gasteiger partial charge is 0.383 e. The van der Waals surface area contributed by atoms with Crippen molar-refractivity contribution in [3.63, 3.8) is 0 Å². The normalized spacial score (nSPS) is 18.9. The highest BCUT2D eigenvalue weighted by Crippen LogP contribution is 2.41. The summed E-state index contributed by atoms with van der Waals surface area (Å²) in [6.07, 6.45) is 5.01. The Kier molecular flexibility index (Phi) is 3.11. The Bertz CT molecular complexity index is 475. The van der Waals surface area contributed by atoms with Crippen molar-refractivity contribution in [1.82, 2.24) is 9.97 Å².